The van der Waals surface area contributed by atoms with Crippen molar-refractivity contribution in [3.05, 3.63) is 138 Å². The van der Waals surface area contributed by atoms with Crippen LogP contribution in [0.1, 0.15) is 22.6 Å². The fourth-order valence-corrected chi connectivity index (χ4v) is 6.97. The molecule has 1 N–H and O–H groups in total. The normalized spacial score (nSPS) is 11.0. The summed E-state index contributed by atoms with van der Waals surface area (Å²) in [6, 6.07) is 38.3. The second-order valence-electron chi connectivity index (χ2n) is 14.4. The number of nitrogens with zero attached hydrogens (tertiary/aromatic N) is 9. The van der Waals surface area contributed by atoms with Crippen molar-refractivity contribution in [3.63, 3.8) is 0 Å². The summed E-state index contributed by atoms with van der Waals surface area (Å²) < 4.78 is 28.1. The Hall–Kier alpha value is -7.81. The van der Waals surface area contributed by atoms with Crippen molar-refractivity contribution in [3.8, 4) is 68.7 Å². The number of aryl methyl sites for hydroxylation is 2. The SMILES string of the molecule is COc1ccc(CCN(c2cc(-c3cccc(-c4nnc(C)[nH]4)c3)nc(OC)n2)N(CCc2ccc(OC)cc2)c2cc(-c3cccc(-c4cc(C)no4)c3)nc(OC)n2)cc1. The molecule has 0 unspecified atom stereocenters. The third-order valence-corrected chi connectivity index (χ3v) is 10.2. The van der Waals surface area contributed by atoms with Crippen LogP contribution in [-0.2, 0) is 12.8 Å². The maximum absolute atomic E-state index is 5.79. The molecule has 4 heterocycles. The Bertz CT molecular complexity index is 2570. The van der Waals surface area contributed by atoms with Gasteiger partial charge in [-0.15, -0.1) is 10.2 Å². The van der Waals surface area contributed by atoms with Crippen molar-refractivity contribution in [1.29, 1.82) is 0 Å². The van der Waals surface area contributed by atoms with Crippen molar-refractivity contribution in [2.24, 2.45) is 0 Å². The smallest absolute Gasteiger partial charge is 0.318 e. The second-order valence-corrected chi connectivity index (χ2v) is 14.4. The Labute approximate surface area is 359 Å². The first-order valence-electron chi connectivity index (χ1n) is 20.0. The van der Waals surface area contributed by atoms with Crippen LogP contribution in [0.4, 0.5) is 11.6 Å². The van der Waals surface area contributed by atoms with E-state index in [1.54, 1.807) is 28.4 Å². The molecule has 8 rings (SSSR count). The molecule has 0 fully saturated rings. The highest BCUT2D eigenvalue weighted by atomic mass is 16.5. The van der Waals surface area contributed by atoms with Crippen LogP contribution in [0.2, 0.25) is 0 Å². The lowest BCUT2D eigenvalue weighted by atomic mass is 10.1. The molecule has 8 aromatic rings. The quantitative estimate of drug-likeness (QED) is 0.0871. The molecule has 0 bridgehead atoms. The predicted octanol–water partition coefficient (Wildman–Crippen LogP) is 8.41. The molecule has 62 heavy (non-hydrogen) atoms. The maximum Gasteiger partial charge on any atom is 0.318 e. The lowest BCUT2D eigenvalue weighted by molar-refractivity contribution is 0.378. The zero-order chi connectivity index (χ0) is 43.0. The Morgan fingerprint density at radius 3 is 1.48 bits per heavy atom. The Morgan fingerprint density at radius 2 is 1.03 bits per heavy atom. The van der Waals surface area contributed by atoms with Crippen LogP contribution in [0.25, 0.3) is 45.2 Å². The molecule has 4 aromatic carbocycles. The van der Waals surface area contributed by atoms with Gasteiger partial charge in [0.25, 0.3) is 0 Å². The highest BCUT2D eigenvalue weighted by molar-refractivity contribution is 5.73. The van der Waals surface area contributed by atoms with Gasteiger partial charge in [-0.05, 0) is 74.2 Å². The third-order valence-electron chi connectivity index (χ3n) is 10.2. The second kappa shape index (κ2) is 18.6. The van der Waals surface area contributed by atoms with Gasteiger partial charge in [0.2, 0.25) is 0 Å². The molecule has 15 heteroatoms. The van der Waals surface area contributed by atoms with Gasteiger partial charge in [0.1, 0.15) is 17.3 Å². The van der Waals surface area contributed by atoms with E-state index in [9.17, 15) is 0 Å². The van der Waals surface area contributed by atoms with Crippen LogP contribution in [0.3, 0.4) is 0 Å². The number of rotatable bonds is 17. The number of H-pyrrole nitrogens is 1. The van der Waals surface area contributed by atoms with Crippen molar-refractivity contribution >= 4 is 11.6 Å². The third kappa shape index (κ3) is 9.47. The molecule has 0 atom stereocenters. The largest absolute Gasteiger partial charge is 0.497 e. The lowest BCUT2D eigenvalue weighted by Gasteiger charge is -2.37. The minimum atomic E-state index is 0.198. The Morgan fingerprint density at radius 1 is 0.532 bits per heavy atom. The number of methoxy groups -OCH3 is 4. The molecule has 314 valence electrons. The summed E-state index contributed by atoms with van der Waals surface area (Å²) in [5.74, 6) is 4.76. The standard InChI is InChI=1S/C47H46N10O5/c1-30-25-42(62-55-30)36-11-7-9-34(26-36)40-28-43(51-46(49-40)60-5)56(23-21-32-13-17-38(58-3)18-14-32)57(24-22-33-15-19-39(59-4)20-16-33)44-29-41(50-47(52-44)61-6)35-10-8-12-37(27-35)45-48-31(2)53-54-45/h7-20,25-29H,21-24H2,1-6H3,(H,48,53,54). The van der Waals surface area contributed by atoms with Crippen molar-refractivity contribution < 1.29 is 23.5 Å². The van der Waals surface area contributed by atoms with E-state index in [1.165, 1.54) is 0 Å². The molecule has 4 aromatic heterocycles. The number of nitrogens with one attached hydrogen (secondary N) is 1. The number of hydrazine groups is 1. The minimum absolute atomic E-state index is 0.198. The molecule has 0 radical (unpaired) electrons. The van der Waals surface area contributed by atoms with E-state index < -0.39 is 0 Å². The Kier molecular flexibility index (Phi) is 12.3. The summed E-state index contributed by atoms with van der Waals surface area (Å²) in [4.78, 5) is 22.9. The average Bonchev–Trinajstić information content (AvgIpc) is 3.98. The van der Waals surface area contributed by atoms with Crippen LogP contribution in [0.15, 0.2) is 120 Å². The van der Waals surface area contributed by atoms with E-state index in [-0.39, 0.29) is 12.0 Å². The first kappa shape index (κ1) is 40.9. The van der Waals surface area contributed by atoms with E-state index in [0.717, 1.165) is 56.4 Å². The number of hydrogen-bond donors (Lipinski definition) is 1. The fourth-order valence-electron chi connectivity index (χ4n) is 6.97. The molecule has 0 spiro atoms. The summed E-state index contributed by atoms with van der Waals surface area (Å²) >= 11 is 0. The highest BCUT2D eigenvalue weighted by Gasteiger charge is 2.25. The van der Waals surface area contributed by atoms with Gasteiger partial charge in [0.15, 0.2) is 23.2 Å². The molecule has 0 saturated heterocycles. The van der Waals surface area contributed by atoms with Crippen molar-refractivity contribution in [1.82, 2.24) is 40.3 Å². The Balaban J connectivity index is 1.27. The molecular formula is C47H46N10O5. The minimum Gasteiger partial charge on any atom is -0.497 e. The van der Waals surface area contributed by atoms with Crippen LogP contribution in [-0.4, -0.2) is 81.8 Å². The molecule has 0 aliphatic carbocycles. The van der Waals surface area contributed by atoms with Crippen molar-refractivity contribution in [2.45, 2.75) is 26.7 Å². The maximum atomic E-state index is 5.79. The van der Waals surface area contributed by atoms with Gasteiger partial charge < -0.3 is 28.5 Å². The summed E-state index contributed by atoms with van der Waals surface area (Å²) in [7, 11) is 6.45. The van der Waals surface area contributed by atoms with Gasteiger partial charge >= 0.3 is 12.0 Å². The lowest BCUT2D eigenvalue weighted by Crippen LogP contribution is -2.46. The number of ether oxygens (including phenoxy) is 4. The molecule has 0 aliphatic heterocycles. The number of anilines is 2. The zero-order valence-corrected chi connectivity index (χ0v) is 35.4. The van der Waals surface area contributed by atoms with Gasteiger partial charge in [-0.1, -0.05) is 65.8 Å². The molecular weight excluding hydrogens is 785 g/mol. The van der Waals surface area contributed by atoms with Crippen LogP contribution < -0.4 is 29.0 Å². The predicted molar refractivity (Wildman–Crippen MR) is 236 cm³/mol. The van der Waals surface area contributed by atoms with Gasteiger partial charge in [0, 0.05) is 53.5 Å². The molecule has 0 saturated carbocycles. The highest BCUT2D eigenvalue weighted by Crippen LogP contribution is 2.33. The topological polar surface area (TPSA) is 163 Å². The van der Waals surface area contributed by atoms with E-state index >= 15 is 0 Å². The van der Waals surface area contributed by atoms with Gasteiger partial charge in [-0.2, -0.15) is 19.9 Å². The number of aromatic amines is 1. The number of benzene rings is 4. The molecule has 0 amide bonds. The first-order valence-corrected chi connectivity index (χ1v) is 20.0. The van der Waals surface area contributed by atoms with E-state index in [4.69, 9.17) is 43.4 Å². The molecule has 0 aliphatic rings. The summed E-state index contributed by atoms with van der Waals surface area (Å²) in [5, 5.41) is 16.8. The number of hydrogen-bond acceptors (Lipinski definition) is 14. The first-order chi connectivity index (χ1) is 30.3. The van der Waals surface area contributed by atoms with E-state index in [0.29, 0.717) is 60.5 Å². The van der Waals surface area contributed by atoms with Gasteiger partial charge in [-0.25, -0.2) is 0 Å². The zero-order valence-electron chi connectivity index (χ0n) is 35.4. The summed E-state index contributed by atoms with van der Waals surface area (Å²) in [6.07, 6.45) is 1.28. The molecule has 15 nitrogen and oxygen atoms in total. The fraction of sp³-hybridized carbons (Fsp3) is 0.213. The van der Waals surface area contributed by atoms with Gasteiger partial charge in [-0.3, -0.25) is 10.0 Å². The monoisotopic (exact) mass is 830 g/mol. The van der Waals surface area contributed by atoms with Crippen LogP contribution >= 0.6 is 0 Å². The van der Waals surface area contributed by atoms with Crippen molar-refractivity contribution in [2.75, 3.05) is 51.5 Å². The van der Waals surface area contributed by atoms with Crippen LogP contribution in [0.5, 0.6) is 23.5 Å². The summed E-state index contributed by atoms with van der Waals surface area (Å²) in [5.41, 5.74) is 7.69. The van der Waals surface area contributed by atoms with E-state index in [2.05, 4.69) is 54.6 Å². The van der Waals surface area contributed by atoms with Crippen LogP contribution in [0, 0.1) is 13.8 Å². The summed E-state index contributed by atoms with van der Waals surface area (Å²) in [6.45, 7) is 4.73. The van der Waals surface area contributed by atoms with E-state index in [1.807, 2.05) is 105 Å². The average molecular weight is 831 g/mol. The van der Waals surface area contributed by atoms with Gasteiger partial charge in [0.05, 0.1) is 45.5 Å². The number of aromatic nitrogens is 8.